The quantitative estimate of drug-likeness (QED) is 0.725. The molecular formula is C24H34N4O. The van der Waals surface area contributed by atoms with E-state index < -0.39 is 0 Å². The highest BCUT2D eigenvalue weighted by Gasteiger charge is 2.46. The molecule has 5 rings (SSSR count). The molecule has 2 aromatic rings. The maximum Gasteiger partial charge on any atom is 0.229 e. The average Bonchev–Trinajstić information content (AvgIpc) is 3.28. The zero-order valence-corrected chi connectivity index (χ0v) is 17.7. The highest BCUT2D eigenvalue weighted by Crippen LogP contribution is 2.48. The summed E-state index contributed by atoms with van der Waals surface area (Å²) in [6.07, 6.45) is 9.96. The fourth-order valence-electron chi connectivity index (χ4n) is 5.53. The van der Waals surface area contributed by atoms with Crippen molar-refractivity contribution in [1.82, 2.24) is 19.9 Å². The van der Waals surface area contributed by atoms with E-state index in [0.29, 0.717) is 17.4 Å². The van der Waals surface area contributed by atoms with Crippen LogP contribution in [-0.2, 0) is 6.42 Å². The van der Waals surface area contributed by atoms with E-state index in [2.05, 4.69) is 52.3 Å². The molecule has 3 aliphatic rings. The number of nitrogens with zero attached hydrogens (tertiary/aromatic N) is 4. The van der Waals surface area contributed by atoms with Gasteiger partial charge in [0.1, 0.15) is 0 Å². The average molecular weight is 395 g/mol. The Hall–Kier alpha value is -1.72. The molecule has 1 unspecified atom stereocenters. The van der Waals surface area contributed by atoms with Crippen molar-refractivity contribution in [1.29, 1.82) is 0 Å². The van der Waals surface area contributed by atoms with Crippen LogP contribution in [0, 0.1) is 5.41 Å². The largest absolute Gasteiger partial charge is 0.339 e. The van der Waals surface area contributed by atoms with E-state index in [1.165, 1.54) is 83.1 Å². The van der Waals surface area contributed by atoms with E-state index >= 15 is 0 Å². The van der Waals surface area contributed by atoms with Crippen molar-refractivity contribution < 1.29 is 4.52 Å². The molecule has 0 amide bonds. The Bertz CT molecular complexity index is 792. The Labute approximate surface area is 174 Å². The SMILES string of the molecule is CN1CC2(CCN(CCCc3ccccc3)CC2)CC1c1noc(C2CCC2)n1. The molecule has 2 aliphatic heterocycles. The van der Waals surface area contributed by atoms with Gasteiger partial charge in [0, 0.05) is 12.5 Å². The number of piperidine rings is 1. The van der Waals surface area contributed by atoms with E-state index in [9.17, 15) is 0 Å². The second-order valence-corrected chi connectivity index (χ2v) is 9.68. The summed E-state index contributed by atoms with van der Waals surface area (Å²) in [5, 5.41) is 4.38. The van der Waals surface area contributed by atoms with E-state index in [-0.39, 0.29) is 0 Å². The third-order valence-corrected chi connectivity index (χ3v) is 7.65. The molecule has 1 spiro atoms. The first kappa shape index (κ1) is 19.3. The lowest BCUT2D eigenvalue weighted by atomic mass is 9.76. The molecule has 5 nitrogen and oxygen atoms in total. The second-order valence-electron chi connectivity index (χ2n) is 9.68. The fraction of sp³-hybridized carbons (Fsp3) is 0.667. The van der Waals surface area contributed by atoms with E-state index in [0.717, 1.165) is 11.7 Å². The minimum absolute atomic E-state index is 0.331. The molecule has 3 fully saturated rings. The van der Waals surface area contributed by atoms with Gasteiger partial charge in [-0.15, -0.1) is 0 Å². The van der Waals surface area contributed by atoms with Crippen LogP contribution in [0.2, 0.25) is 0 Å². The Balaban J connectivity index is 1.12. The van der Waals surface area contributed by atoms with E-state index in [4.69, 9.17) is 9.51 Å². The first-order valence-corrected chi connectivity index (χ1v) is 11.5. The zero-order chi connectivity index (χ0) is 19.7. The van der Waals surface area contributed by atoms with Gasteiger partial charge >= 0.3 is 0 Å². The molecule has 29 heavy (non-hydrogen) atoms. The van der Waals surface area contributed by atoms with Gasteiger partial charge in [0.05, 0.1) is 6.04 Å². The lowest BCUT2D eigenvalue weighted by molar-refractivity contribution is 0.110. The molecule has 0 bridgehead atoms. The summed E-state index contributed by atoms with van der Waals surface area (Å²) < 4.78 is 5.61. The van der Waals surface area contributed by atoms with Crippen LogP contribution in [0.1, 0.15) is 74.2 Å². The number of benzene rings is 1. The summed E-state index contributed by atoms with van der Waals surface area (Å²) in [6.45, 7) is 4.85. The van der Waals surface area contributed by atoms with Crippen molar-refractivity contribution in [3.8, 4) is 0 Å². The van der Waals surface area contributed by atoms with Crippen LogP contribution in [0.3, 0.4) is 0 Å². The molecular weight excluding hydrogens is 360 g/mol. The molecule has 1 aliphatic carbocycles. The van der Waals surface area contributed by atoms with Crippen LogP contribution in [0.15, 0.2) is 34.9 Å². The fourth-order valence-corrected chi connectivity index (χ4v) is 5.53. The smallest absolute Gasteiger partial charge is 0.229 e. The Morgan fingerprint density at radius 2 is 1.93 bits per heavy atom. The van der Waals surface area contributed by atoms with Gasteiger partial charge in [-0.05, 0) is 82.6 Å². The maximum absolute atomic E-state index is 5.61. The third kappa shape index (κ3) is 4.13. The van der Waals surface area contributed by atoms with Crippen LogP contribution in [-0.4, -0.2) is 53.2 Å². The van der Waals surface area contributed by atoms with Gasteiger partial charge < -0.3 is 9.42 Å². The zero-order valence-electron chi connectivity index (χ0n) is 17.7. The number of hydrogen-bond donors (Lipinski definition) is 0. The predicted octanol–water partition coefficient (Wildman–Crippen LogP) is 4.43. The second kappa shape index (κ2) is 8.19. The summed E-state index contributed by atoms with van der Waals surface area (Å²) >= 11 is 0. The van der Waals surface area contributed by atoms with Crippen molar-refractivity contribution in [3.05, 3.63) is 47.6 Å². The van der Waals surface area contributed by atoms with Gasteiger partial charge in [0.15, 0.2) is 5.82 Å². The van der Waals surface area contributed by atoms with Gasteiger partial charge in [-0.3, -0.25) is 4.90 Å². The van der Waals surface area contributed by atoms with Crippen LogP contribution < -0.4 is 0 Å². The maximum atomic E-state index is 5.61. The van der Waals surface area contributed by atoms with Gasteiger partial charge in [-0.2, -0.15) is 4.98 Å². The monoisotopic (exact) mass is 394 g/mol. The lowest BCUT2D eigenvalue weighted by Crippen LogP contribution is -2.41. The van der Waals surface area contributed by atoms with Crippen molar-refractivity contribution in [2.24, 2.45) is 5.41 Å². The standard InChI is InChI=1S/C24H34N4O/c1-27-18-24(17-21(27)22-25-23(29-26-22)20-10-5-11-20)12-15-28(16-13-24)14-6-9-19-7-3-2-4-8-19/h2-4,7-8,20-21H,5-6,9-18H2,1H3. The highest BCUT2D eigenvalue weighted by molar-refractivity contribution is 5.14. The first-order valence-electron chi connectivity index (χ1n) is 11.5. The minimum Gasteiger partial charge on any atom is -0.339 e. The third-order valence-electron chi connectivity index (χ3n) is 7.65. The minimum atomic E-state index is 0.331. The Kier molecular flexibility index (Phi) is 5.44. The van der Waals surface area contributed by atoms with Gasteiger partial charge in [0.2, 0.25) is 5.89 Å². The summed E-state index contributed by atoms with van der Waals surface area (Å²) in [7, 11) is 2.24. The van der Waals surface area contributed by atoms with Crippen molar-refractivity contribution in [2.45, 2.75) is 63.3 Å². The number of aryl methyl sites for hydroxylation is 1. The van der Waals surface area contributed by atoms with Crippen LogP contribution in [0.25, 0.3) is 0 Å². The molecule has 5 heteroatoms. The molecule has 2 saturated heterocycles. The molecule has 0 radical (unpaired) electrons. The number of hydrogen-bond acceptors (Lipinski definition) is 5. The van der Waals surface area contributed by atoms with Crippen LogP contribution in [0.5, 0.6) is 0 Å². The lowest BCUT2D eigenvalue weighted by Gasteiger charge is -2.39. The van der Waals surface area contributed by atoms with Crippen molar-refractivity contribution in [2.75, 3.05) is 33.2 Å². The molecule has 156 valence electrons. The molecule has 0 N–H and O–H groups in total. The highest BCUT2D eigenvalue weighted by atomic mass is 16.5. The predicted molar refractivity (Wildman–Crippen MR) is 114 cm³/mol. The Morgan fingerprint density at radius 3 is 2.66 bits per heavy atom. The first-order chi connectivity index (χ1) is 14.2. The topological polar surface area (TPSA) is 45.4 Å². The number of aromatic nitrogens is 2. The summed E-state index contributed by atoms with van der Waals surface area (Å²) in [6, 6.07) is 11.2. The Morgan fingerprint density at radius 1 is 1.14 bits per heavy atom. The van der Waals surface area contributed by atoms with E-state index in [1.54, 1.807) is 0 Å². The van der Waals surface area contributed by atoms with Gasteiger partial charge in [-0.25, -0.2) is 0 Å². The van der Waals surface area contributed by atoms with Crippen molar-refractivity contribution in [3.63, 3.8) is 0 Å². The van der Waals surface area contributed by atoms with Crippen molar-refractivity contribution >= 4 is 0 Å². The summed E-state index contributed by atoms with van der Waals surface area (Å²) in [5.74, 6) is 2.33. The molecule has 1 saturated carbocycles. The van der Waals surface area contributed by atoms with E-state index in [1.807, 2.05) is 0 Å². The van der Waals surface area contributed by atoms with Crippen LogP contribution >= 0.6 is 0 Å². The molecule has 1 aromatic heterocycles. The number of likely N-dealkylation sites (tertiary alicyclic amines) is 2. The summed E-state index contributed by atoms with van der Waals surface area (Å²) in [5.41, 5.74) is 1.90. The molecule has 1 atom stereocenters. The van der Waals surface area contributed by atoms with Gasteiger partial charge in [0.25, 0.3) is 0 Å². The van der Waals surface area contributed by atoms with Crippen LogP contribution in [0.4, 0.5) is 0 Å². The normalized spacial score (nSPS) is 25.5. The summed E-state index contributed by atoms with van der Waals surface area (Å²) in [4.78, 5) is 9.94. The molecule has 3 heterocycles. The number of rotatable bonds is 6. The van der Waals surface area contributed by atoms with Gasteiger partial charge in [-0.1, -0.05) is 41.9 Å². The molecule has 1 aromatic carbocycles.